The molecule has 1 saturated heterocycles. The highest BCUT2D eigenvalue weighted by Crippen LogP contribution is 2.17. The van der Waals surface area contributed by atoms with Crippen LogP contribution in [-0.2, 0) is 0 Å². The first-order valence-corrected chi connectivity index (χ1v) is 7.24. The van der Waals surface area contributed by atoms with Gasteiger partial charge in [0.1, 0.15) is 5.56 Å². The molecule has 1 N–H and O–H groups in total. The van der Waals surface area contributed by atoms with Gasteiger partial charge in [-0.1, -0.05) is 0 Å². The van der Waals surface area contributed by atoms with Crippen molar-refractivity contribution in [2.75, 3.05) is 19.7 Å². The van der Waals surface area contributed by atoms with E-state index in [0.717, 1.165) is 19.5 Å². The summed E-state index contributed by atoms with van der Waals surface area (Å²) >= 11 is 0. The van der Waals surface area contributed by atoms with Gasteiger partial charge < -0.3 is 10.1 Å². The fraction of sp³-hybridized carbons (Fsp3) is 0.600. The topological polar surface area (TPSA) is 54.5 Å². The molecule has 0 spiro atoms. The lowest BCUT2D eigenvalue weighted by molar-refractivity contribution is 0.0932. The van der Waals surface area contributed by atoms with Gasteiger partial charge in [0.2, 0.25) is 5.88 Å². The predicted octanol–water partition coefficient (Wildman–Crippen LogP) is 1.69. The summed E-state index contributed by atoms with van der Waals surface area (Å²) in [4.78, 5) is 18.8. The molecule has 0 bridgehead atoms. The Morgan fingerprint density at radius 3 is 3.05 bits per heavy atom. The lowest BCUT2D eigenvalue weighted by atomic mass is 10.2. The maximum absolute atomic E-state index is 12.3. The molecule has 0 aromatic carbocycles. The van der Waals surface area contributed by atoms with Gasteiger partial charge in [0.15, 0.2) is 0 Å². The molecule has 2 heterocycles. The summed E-state index contributed by atoms with van der Waals surface area (Å²) in [5.74, 6) is 0.309. The van der Waals surface area contributed by atoms with Crippen molar-refractivity contribution >= 4 is 5.91 Å². The molecule has 1 aliphatic rings. The van der Waals surface area contributed by atoms with Crippen LogP contribution in [0.2, 0.25) is 0 Å². The minimum absolute atomic E-state index is 0.0999. The van der Waals surface area contributed by atoms with E-state index < -0.39 is 0 Å². The first-order valence-electron chi connectivity index (χ1n) is 7.24. The van der Waals surface area contributed by atoms with Gasteiger partial charge in [-0.25, -0.2) is 4.98 Å². The number of hydrogen-bond acceptors (Lipinski definition) is 4. The smallest absolute Gasteiger partial charge is 0.257 e. The molecular weight excluding hydrogens is 254 g/mol. The minimum atomic E-state index is -0.0999. The van der Waals surface area contributed by atoms with Crippen LogP contribution in [-0.4, -0.2) is 47.6 Å². The monoisotopic (exact) mass is 277 g/mol. The zero-order valence-corrected chi connectivity index (χ0v) is 12.4. The van der Waals surface area contributed by atoms with Crippen LogP contribution < -0.4 is 10.1 Å². The fourth-order valence-electron chi connectivity index (χ4n) is 2.45. The number of hydrogen-bond donors (Lipinski definition) is 1. The van der Waals surface area contributed by atoms with Crippen molar-refractivity contribution < 1.29 is 9.53 Å². The van der Waals surface area contributed by atoms with E-state index in [-0.39, 0.29) is 11.9 Å². The molecule has 0 radical (unpaired) electrons. The summed E-state index contributed by atoms with van der Waals surface area (Å²) in [5.41, 5.74) is 0.511. The number of ether oxygens (including phenoxy) is 1. The van der Waals surface area contributed by atoms with Crippen LogP contribution in [0.1, 0.15) is 37.6 Å². The van der Waals surface area contributed by atoms with Crippen molar-refractivity contribution in [3.63, 3.8) is 0 Å². The zero-order chi connectivity index (χ0) is 14.5. The number of nitrogens with one attached hydrogen (secondary N) is 1. The summed E-state index contributed by atoms with van der Waals surface area (Å²) in [6.45, 7) is 8.69. The van der Waals surface area contributed by atoms with E-state index in [1.54, 1.807) is 18.3 Å². The molecule has 0 saturated carbocycles. The van der Waals surface area contributed by atoms with Crippen molar-refractivity contribution in [1.29, 1.82) is 0 Å². The number of aromatic nitrogens is 1. The zero-order valence-electron chi connectivity index (χ0n) is 12.4. The molecule has 1 aromatic rings. The lowest BCUT2D eigenvalue weighted by Crippen LogP contribution is -2.38. The van der Waals surface area contributed by atoms with Gasteiger partial charge >= 0.3 is 0 Å². The van der Waals surface area contributed by atoms with E-state index in [2.05, 4.69) is 29.0 Å². The molecule has 20 heavy (non-hydrogen) atoms. The number of rotatable bonds is 5. The Kier molecular flexibility index (Phi) is 4.95. The Morgan fingerprint density at radius 2 is 2.40 bits per heavy atom. The van der Waals surface area contributed by atoms with E-state index in [0.29, 0.717) is 24.1 Å². The van der Waals surface area contributed by atoms with Crippen molar-refractivity contribution in [2.24, 2.45) is 0 Å². The molecule has 0 aliphatic carbocycles. The Hall–Kier alpha value is -1.62. The first kappa shape index (κ1) is 14.8. The quantitative estimate of drug-likeness (QED) is 0.890. The number of pyridine rings is 1. The third-order valence-corrected chi connectivity index (χ3v) is 3.58. The molecule has 5 heteroatoms. The molecule has 1 fully saturated rings. The molecular formula is C15H23N3O2. The van der Waals surface area contributed by atoms with Gasteiger partial charge in [-0.3, -0.25) is 9.69 Å². The maximum atomic E-state index is 12.3. The average Bonchev–Trinajstić information content (AvgIpc) is 2.88. The molecule has 2 rings (SSSR count). The minimum Gasteiger partial charge on any atom is -0.477 e. The fourth-order valence-corrected chi connectivity index (χ4v) is 2.45. The summed E-state index contributed by atoms with van der Waals surface area (Å²) < 4.78 is 5.40. The molecule has 1 atom stereocenters. The van der Waals surface area contributed by atoms with Crippen molar-refractivity contribution in [3.8, 4) is 5.88 Å². The second-order valence-electron chi connectivity index (χ2n) is 5.34. The highest BCUT2D eigenvalue weighted by molar-refractivity contribution is 5.96. The molecule has 1 amide bonds. The Bertz CT molecular complexity index is 462. The average molecular weight is 277 g/mol. The van der Waals surface area contributed by atoms with Crippen LogP contribution in [0, 0.1) is 0 Å². The second kappa shape index (κ2) is 6.70. The Balaban J connectivity index is 1.99. The highest BCUT2D eigenvalue weighted by atomic mass is 16.5. The van der Waals surface area contributed by atoms with Gasteiger partial charge in [0.05, 0.1) is 6.61 Å². The van der Waals surface area contributed by atoms with Crippen LogP contribution in [0.5, 0.6) is 5.88 Å². The van der Waals surface area contributed by atoms with Crippen LogP contribution in [0.15, 0.2) is 18.3 Å². The van der Waals surface area contributed by atoms with Crippen LogP contribution in [0.3, 0.4) is 0 Å². The van der Waals surface area contributed by atoms with Gasteiger partial charge in [-0.2, -0.15) is 0 Å². The summed E-state index contributed by atoms with van der Waals surface area (Å²) in [7, 11) is 0. The molecule has 1 aliphatic heterocycles. The SMILES string of the molecule is CCOc1ncccc1C(=O)NC1CCN(C(C)C)C1. The number of carbonyl (C=O) groups is 1. The predicted molar refractivity (Wildman–Crippen MR) is 78.0 cm³/mol. The van der Waals surface area contributed by atoms with Gasteiger partial charge in [-0.05, 0) is 39.3 Å². The van der Waals surface area contributed by atoms with Crippen molar-refractivity contribution in [1.82, 2.24) is 15.2 Å². The molecule has 1 aromatic heterocycles. The lowest BCUT2D eigenvalue weighted by Gasteiger charge is -2.20. The van der Waals surface area contributed by atoms with Gasteiger partial charge in [0.25, 0.3) is 5.91 Å². The third kappa shape index (κ3) is 3.48. The van der Waals surface area contributed by atoms with E-state index in [1.165, 1.54) is 0 Å². The van der Waals surface area contributed by atoms with Gasteiger partial charge in [-0.15, -0.1) is 0 Å². The third-order valence-electron chi connectivity index (χ3n) is 3.58. The summed E-state index contributed by atoms with van der Waals surface area (Å²) in [6, 6.07) is 4.24. The second-order valence-corrected chi connectivity index (χ2v) is 5.34. The van der Waals surface area contributed by atoms with Crippen LogP contribution >= 0.6 is 0 Å². The molecule has 110 valence electrons. The van der Waals surface area contributed by atoms with Crippen LogP contribution in [0.4, 0.5) is 0 Å². The standard InChI is InChI=1S/C15H23N3O2/c1-4-20-15-13(6-5-8-16-15)14(19)17-12-7-9-18(10-12)11(2)3/h5-6,8,11-12H,4,7,9-10H2,1-3H3,(H,17,19). The van der Waals surface area contributed by atoms with Crippen molar-refractivity contribution in [2.45, 2.75) is 39.3 Å². The normalized spacial score (nSPS) is 19.3. The maximum Gasteiger partial charge on any atom is 0.257 e. The first-order chi connectivity index (χ1) is 9.61. The highest BCUT2D eigenvalue weighted by Gasteiger charge is 2.26. The number of likely N-dealkylation sites (tertiary alicyclic amines) is 1. The Morgan fingerprint density at radius 1 is 1.60 bits per heavy atom. The Labute approximate surface area is 120 Å². The summed E-state index contributed by atoms with van der Waals surface area (Å²) in [5, 5.41) is 3.08. The van der Waals surface area contributed by atoms with Crippen molar-refractivity contribution in [3.05, 3.63) is 23.9 Å². The van der Waals surface area contributed by atoms with Gasteiger partial charge in [0, 0.05) is 31.4 Å². The van der Waals surface area contributed by atoms with E-state index in [4.69, 9.17) is 4.74 Å². The number of carbonyl (C=O) groups excluding carboxylic acids is 1. The van der Waals surface area contributed by atoms with E-state index in [9.17, 15) is 4.79 Å². The van der Waals surface area contributed by atoms with Crippen LogP contribution in [0.25, 0.3) is 0 Å². The molecule has 1 unspecified atom stereocenters. The largest absolute Gasteiger partial charge is 0.477 e. The molecule has 5 nitrogen and oxygen atoms in total. The van der Waals surface area contributed by atoms with E-state index in [1.807, 2.05) is 6.92 Å². The number of nitrogens with zero attached hydrogens (tertiary/aromatic N) is 2. The number of amides is 1. The summed E-state index contributed by atoms with van der Waals surface area (Å²) in [6.07, 6.45) is 2.63. The van der Waals surface area contributed by atoms with E-state index >= 15 is 0 Å².